The molecule has 0 saturated heterocycles. The second-order valence-corrected chi connectivity index (χ2v) is 6.53. The zero-order valence-electron chi connectivity index (χ0n) is 14.6. The van der Waals surface area contributed by atoms with Gasteiger partial charge in [-0.05, 0) is 36.8 Å². The normalized spacial score (nSPS) is 11.1. The Labute approximate surface area is 159 Å². The van der Waals surface area contributed by atoms with Gasteiger partial charge in [-0.1, -0.05) is 24.3 Å². The monoisotopic (exact) mass is 395 g/mol. The molecule has 0 atom stereocenters. The first kappa shape index (κ1) is 20.7. The second-order valence-electron chi connectivity index (χ2n) is 5.54. The van der Waals surface area contributed by atoms with E-state index < -0.39 is 23.4 Å². The highest BCUT2D eigenvalue weighted by Gasteiger charge is 2.43. The number of carbonyl (C=O) groups excluding carboxylic acids is 1. The Hall–Kier alpha value is -2.61. The summed E-state index contributed by atoms with van der Waals surface area (Å²) in [6, 6.07) is 11.9. The fourth-order valence-corrected chi connectivity index (χ4v) is 3.03. The van der Waals surface area contributed by atoms with Gasteiger partial charge in [0, 0.05) is 11.4 Å². The molecular formula is C19H19F2NO4S. The number of anilines is 1. The number of thioether (sulfide) groups is 1. The van der Waals surface area contributed by atoms with E-state index >= 15 is 0 Å². The van der Waals surface area contributed by atoms with Gasteiger partial charge in [0.25, 0.3) is 5.91 Å². The van der Waals surface area contributed by atoms with Crippen molar-refractivity contribution in [3.63, 3.8) is 0 Å². The molecule has 2 aromatic carbocycles. The summed E-state index contributed by atoms with van der Waals surface area (Å²) in [5.74, 6) is -5.90. The zero-order valence-corrected chi connectivity index (χ0v) is 15.4. The minimum absolute atomic E-state index is 0.0426. The Kier molecular flexibility index (Phi) is 7.18. The number of carbonyl (C=O) groups is 2. The van der Waals surface area contributed by atoms with Crippen LogP contribution in [0.2, 0.25) is 0 Å². The van der Waals surface area contributed by atoms with E-state index in [1.54, 1.807) is 25.1 Å². The third-order valence-corrected chi connectivity index (χ3v) is 4.48. The molecule has 2 aromatic rings. The summed E-state index contributed by atoms with van der Waals surface area (Å²) >= 11 is 1.17. The fourth-order valence-electron chi connectivity index (χ4n) is 2.33. The van der Waals surface area contributed by atoms with Crippen LogP contribution in [0.25, 0.3) is 0 Å². The Morgan fingerprint density at radius 3 is 2.63 bits per heavy atom. The molecule has 0 fully saturated rings. The average molecular weight is 395 g/mol. The minimum Gasteiger partial charge on any atom is -0.493 e. The number of amides is 1. The number of halogens is 2. The SMILES string of the molecule is CCOc1ccccc1C(F)(F)C(=O)Nc1cccc(CSCC(=O)O)c1. The van der Waals surface area contributed by atoms with Crippen molar-refractivity contribution in [2.24, 2.45) is 0 Å². The number of aliphatic carboxylic acids is 1. The molecule has 0 spiro atoms. The molecule has 0 heterocycles. The average Bonchev–Trinajstić information content (AvgIpc) is 2.62. The highest BCUT2D eigenvalue weighted by Crippen LogP contribution is 2.36. The van der Waals surface area contributed by atoms with E-state index in [-0.39, 0.29) is 23.8 Å². The molecule has 2 rings (SSSR count). The third-order valence-electron chi connectivity index (χ3n) is 3.49. The number of nitrogens with one attached hydrogen (secondary N) is 1. The van der Waals surface area contributed by atoms with Crippen molar-refractivity contribution >= 4 is 29.3 Å². The molecule has 0 radical (unpaired) electrons. The van der Waals surface area contributed by atoms with Crippen molar-refractivity contribution in [2.45, 2.75) is 18.6 Å². The van der Waals surface area contributed by atoms with Crippen LogP contribution in [0.4, 0.5) is 14.5 Å². The topological polar surface area (TPSA) is 75.6 Å². The van der Waals surface area contributed by atoms with Crippen LogP contribution in [-0.4, -0.2) is 29.3 Å². The van der Waals surface area contributed by atoms with Crippen molar-refractivity contribution in [3.8, 4) is 5.75 Å². The molecule has 0 aliphatic carbocycles. The third kappa shape index (κ3) is 5.68. The van der Waals surface area contributed by atoms with Crippen LogP contribution in [0, 0.1) is 0 Å². The quantitative estimate of drug-likeness (QED) is 0.668. The lowest BCUT2D eigenvalue weighted by Crippen LogP contribution is -2.32. The van der Waals surface area contributed by atoms with Crippen molar-refractivity contribution in [1.29, 1.82) is 0 Å². The lowest BCUT2D eigenvalue weighted by Gasteiger charge is -2.19. The molecule has 5 nitrogen and oxygen atoms in total. The Morgan fingerprint density at radius 2 is 1.93 bits per heavy atom. The minimum atomic E-state index is -3.78. The molecule has 1 amide bonds. The Balaban J connectivity index is 2.13. The van der Waals surface area contributed by atoms with E-state index in [9.17, 15) is 18.4 Å². The summed E-state index contributed by atoms with van der Waals surface area (Å²) in [4.78, 5) is 22.8. The number of carboxylic acid groups (broad SMARTS) is 1. The predicted molar refractivity (Wildman–Crippen MR) is 100 cm³/mol. The van der Waals surface area contributed by atoms with E-state index in [2.05, 4.69) is 5.32 Å². The standard InChI is InChI=1S/C19H19F2NO4S/c1-2-26-16-9-4-3-8-15(16)19(20,21)18(25)22-14-7-5-6-13(10-14)11-27-12-17(23)24/h3-10H,2,11-12H2,1H3,(H,22,25)(H,23,24). The predicted octanol–water partition coefficient (Wildman–Crippen LogP) is 4.13. The van der Waals surface area contributed by atoms with Gasteiger partial charge in [-0.15, -0.1) is 11.8 Å². The number of alkyl halides is 2. The zero-order chi connectivity index (χ0) is 19.9. The maximum Gasteiger partial charge on any atom is 0.353 e. The van der Waals surface area contributed by atoms with E-state index in [1.165, 1.54) is 36.0 Å². The molecule has 0 aliphatic heterocycles. The van der Waals surface area contributed by atoms with Gasteiger partial charge in [-0.3, -0.25) is 9.59 Å². The summed E-state index contributed by atoms with van der Waals surface area (Å²) in [5.41, 5.74) is 0.427. The molecule has 0 aromatic heterocycles. The van der Waals surface area contributed by atoms with Crippen LogP contribution in [0.15, 0.2) is 48.5 Å². The highest BCUT2D eigenvalue weighted by atomic mass is 32.2. The molecule has 0 saturated carbocycles. The van der Waals surface area contributed by atoms with Gasteiger partial charge in [-0.25, -0.2) is 0 Å². The van der Waals surface area contributed by atoms with Gasteiger partial charge in [0.15, 0.2) is 0 Å². The van der Waals surface area contributed by atoms with Gasteiger partial charge in [0.1, 0.15) is 5.75 Å². The number of benzene rings is 2. The van der Waals surface area contributed by atoms with Gasteiger partial charge in [0.2, 0.25) is 0 Å². The number of carboxylic acids is 1. The van der Waals surface area contributed by atoms with Crippen molar-refractivity contribution in [3.05, 3.63) is 59.7 Å². The number of para-hydroxylation sites is 1. The van der Waals surface area contributed by atoms with Crippen molar-refractivity contribution in [1.82, 2.24) is 0 Å². The van der Waals surface area contributed by atoms with Gasteiger partial charge in [0.05, 0.1) is 17.9 Å². The number of ether oxygens (including phenoxy) is 1. The summed E-state index contributed by atoms with van der Waals surface area (Å²) in [7, 11) is 0. The first-order chi connectivity index (χ1) is 12.8. The smallest absolute Gasteiger partial charge is 0.353 e. The van der Waals surface area contributed by atoms with Crippen LogP contribution in [-0.2, 0) is 21.3 Å². The van der Waals surface area contributed by atoms with E-state index in [1.807, 2.05) is 0 Å². The van der Waals surface area contributed by atoms with E-state index in [0.29, 0.717) is 5.75 Å². The lowest BCUT2D eigenvalue weighted by molar-refractivity contribution is -0.141. The Morgan fingerprint density at radius 1 is 1.19 bits per heavy atom. The second kappa shape index (κ2) is 9.36. The molecular weight excluding hydrogens is 376 g/mol. The van der Waals surface area contributed by atoms with Crippen LogP contribution in [0.3, 0.4) is 0 Å². The lowest BCUT2D eigenvalue weighted by atomic mass is 10.1. The number of hydrogen-bond acceptors (Lipinski definition) is 4. The largest absolute Gasteiger partial charge is 0.493 e. The maximum absolute atomic E-state index is 14.6. The van der Waals surface area contributed by atoms with Crippen molar-refractivity contribution < 1.29 is 28.2 Å². The van der Waals surface area contributed by atoms with Gasteiger partial charge in [-0.2, -0.15) is 8.78 Å². The molecule has 0 aliphatic rings. The molecule has 27 heavy (non-hydrogen) atoms. The fraction of sp³-hybridized carbons (Fsp3) is 0.263. The number of rotatable bonds is 9. The van der Waals surface area contributed by atoms with Crippen LogP contribution in [0.5, 0.6) is 5.75 Å². The van der Waals surface area contributed by atoms with E-state index in [4.69, 9.17) is 9.84 Å². The summed E-state index contributed by atoms with van der Waals surface area (Å²) in [5, 5.41) is 10.9. The van der Waals surface area contributed by atoms with E-state index in [0.717, 1.165) is 11.6 Å². The van der Waals surface area contributed by atoms with Crippen LogP contribution < -0.4 is 10.1 Å². The van der Waals surface area contributed by atoms with Gasteiger partial charge < -0.3 is 15.2 Å². The summed E-state index contributed by atoms with van der Waals surface area (Å²) < 4.78 is 34.5. The first-order valence-corrected chi connectivity index (χ1v) is 9.30. The maximum atomic E-state index is 14.6. The van der Waals surface area contributed by atoms with Crippen molar-refractivity contribution in [2.75, 3.05) is 17.7 Å². The molecule has 0 bridgehead atoms. The molecule has 2 N–H and O–H groups in total. The van der Waals surface area contributed by atoms with Crippen LogP contribution >= 0.6 is 11.8 Å². The highest BCUT2D eigenvalue weighted by molar-refractivity contribution is 7.99. The number of hydrogen-bond donors (Lipinski definition) is 2. The first-order valence-electron chi connectivity index (χ1n) is 8.14. The summed E-state index contributed by atoms with van der Waals surface area (Å²) in [6.45, 7) is 1.87. The summed E-state index contributed by atoms with van der Waals surface area (Å²) in [6.07, 6.45) is 0. The molecule has 144 valence electrons. The van der Waals surface area contributed by atoms with Crippen LogP contribution in [0.1, 0.15) is 18.1 Å². The van der Waals surface area contributed by atoms with Gasteiger partial charge >= 0.3 is 11.9 Å². The Bertz CT molecular complexity index is 814. The molecule has 0 unspecified atom stereocenters. The molecule has 8 heteroatoms.